The van der Waals surface area contributed by atoms with Gasteiger partial charge in [-0.05, 0) is 18.2 Å². The molecule has 0 spiro atoms. The predicted octanol–water partition coefficient (Wildman–Crippen LogP) is 1.88. The van der Waals surface area contributed by atoms with Crippen molar-refractivity contribution in [3.63, 3.8) is 0 Å². The third-order valence-corrected chi connectivity index (χ3v) is 2.71. The van der Waals surface area contributed by atoms with E-state index >= 15 is 0 Å². The van der Waals surface area contributed by atoms with E-state index in [1.54, 1.807) is 19.2 Å². The van der Waals surface area contributed by atoms with Gasteiger partial charge in [0, 0.05) is 12.1 Å². The van der Waals surface area contributed by atoms with Gasteiger partial charge in [0.25, 0.3) is 0 Å². The quantitative estimate of drug-likeness (QED) is 0.838. The lowest BCUT2D eigenvalue weighted by molar-refractivity contribution is 0.0593. The van der Waals surface area contributed by atoms with E-state index in [0.717, 1.165) is 11.3 Å². The molecule has 6 heteroatoms. The average molecular weight is 273 g/mol. The minimum Gasteiger partial charge on any atom is -0.496 e. The van der Waals surface area contributed by atoms with Gasteiger partial charge >= 0.3 is 5.97 Å². The van der Waals surface area contributed by atoms with E-state index in [1.165, 1.54) is 7.11 Å². The molecule has 0 saturated heterocycles. The second-order valence-electron chi connectivity index (χ2n) is 3.96. The van der Waals surface area contributed by atoms with Crippen molar-refractivity contribution < 1.29 is 14.3 Å². The van der Waals surface area contributed by atoms with E-state index < -0.39 is 5.97 Å². The number of carbonyl (C=O) groups is 1. The van der Waals surface area contributed by atoms with Crippen LogP contribution in [0.4, 0.5) is 5.82 Å². The lowest BCUT2D eigenvalue weighted by atomic mass is 10.2. The Morgan fingerprint density at radius 1 is 1.15 bits per heavy atom. The fourth-order valence-corrected chi connectivity index (χ4v) is 1.67. The zero-order valence-electron chi connectivity index (χ0n) is 11.3. The minimum atomic E-state index is -0.506. The minimum absolute atomic E-state index is 0.176. The van der Waals surface area contributed by atoms with Crippen molar-refractivity contribution in [1.82, 2.24) is 10.2 Å². The van der Waals surface area contributed by atoms with Gasteiger partial charge in [-0.3, -0.25) is 0 Å². The Bertz CT molecular complexity index is 584. The summed E-state index contributed by atoms with van der Waals surface area (Å²) in [4.78, 5) is 11.2. The topological polar surface area (TPSA) is 73.3 Å². The second kappa shape index (κ2) is 6.51. The van der Waals surface area contributed by atoms with Crippen LogP contribution in [-0.2, 0) is 11.3 Å². The molecule has 6 nitrogen and oxygen atoms in total. The van der Waals surface area contributed by atoms with Crippen molar-refractivity contribution in [1.29, 1.82) is 0 Å². The monoisotopic (exact) mass is 273 g/mol. The number of nitrogens with zero attached hydrogens (tertiary/aromatic N) is 2. The van der Waals surface area contributed by atoms with Crippen molar-refractivity contribution in [3.05, 3.63) is 47.7 Å². The summed E-state index contributed by atoms with van der Waals surface area (Å²) >= 11 is 0. The lowest BCUT2D eigenvalue weighted by Gasteiger charge is -2.09. The van der Waals surface area contributed by atoms with Crippen LogP contribution in [0.15, 0.2) is 36.4 Å². The van der Waals surface area contributed by atoms with Crippen LogP contribution < -0.4 is 10.1 Å². The number of nitrogens with one attached hydrogen (secondary N) is 1. The molecule has 2 aromatic rings. The zero-order chi connectivity index (χ0) is 14.4. The first-order chi connectivity index (χ1) is 9.74. The SMILES string of the molecule is COC(=O)c1ccc(NCc2ccccc2OC)nn1. The molecule has 0 radical (unpaired) electrons. The van der Waals surface area contributed by atoms with Crippen molar-refractivity contribution >= 4 is 11.8 Å². The Labute approximate surface area is 116 Å². The van der Waals surface area contributed by atoms with Crippen LogP contribution in [0.5, 0.6) is 5.75 Å². The van der Waals surface area contributed by atoms with Gasteiger partial charge in [0.05, 0.1) is 14.2 Å². The molecule has 1 N–H and O–H groups in total. The molecule has 0 fully saturated rings. The van der Waals surface area contributed by atoms with Crippen LogP contribution in [0, 0.1) is 0 Å². The van der Waals surface area contributed by atoms with Crippen LogP contribution in [0.25, 0.3) is 0 Å². The number of carbonyl (C=O) groups excluding carboxylic acids is 1. The number of aromatic nitrogens is 2. The Hall–Kier alpha value is -2.63. The van der Waals surface area contributed by atoms with Crippen molar-refractivity contribution in [2.24, 2.45) is 0 Å². The Balaban J connectivity index is 2.02. The highest BCUT2D eigenvalue weighted by atomic mass is 16.5. The summed E-state index contributed by atoms with van der Waals surface area (Å²) < 4.78 is 9.82. The largest absolute Gasteiger partial charge is 0.496 e. The zero-order valence-corrected chi connectivity index (χ0v) is 11.3. The molecule has 2 rings (SSSR count). The number of ether oxygens (including phenoxy) is 2. The standard InChI is InChI=1S/C14H15N3O3/c1-19-12-6-4-3-5-10(12)9-15-13-8-7-11(16-17-13)14(18)20-2/h3-8H,9H2,1-2H3,(H,15,17). The first kappa shape index (κ1) is 13.8. The summed E-state index contributed by atoms with van der Waals surface area (Å²) in [7, 11) is 2.93. The second-order valence-corrected chi connectivity index (χ2v) is 3.96. The summed E-state index contributed by atoms with van der Waals surface area (Å²) in [5.41, 5.74) is 1.18. The maximum absolute atomic E-state index is 11.2. The third-order valence-electron chi connectivity index (χ3n) is 2.71. The molecular weight excluding hydrogens is 258 g/mol. The molecule has 0 atom stereocenters. The van der Waals surface area contributed by atoms with Crippen molar-refractivity contribution in [2.45, 2.75) is 6.54 Å². The van der Waals surface area contributed by atoms with E-state index in [9.17, 15) is 4.79 Å². The van der Waals surface area contributed by atoms with Gasteiger partial charge in [-0.25, -0.2) is 4.79 Å². The summed E-state index contributed by atoms with van der Waals surface area (Å²) in [5.74, 6) is 0.872. The number of hydrogen-bond donors (Lipinski definition) is 1. The molecule has 0 aliphatic heterocycles. The van der Waals surface area contributed by atoms with E-state index in [1.807, 2.05) is 24.3 Å². The molecule has 0 aliphatic rings. The van der Waals surface area contributed by atoms with Gasteiger partial charge in [-0.1, -0.05) is 18.2 Å². The van der Waals surface area contributed by atoms with Gasteiger partial charge in [0.15, 0.2) is 5.69 Å². The fourth-order valence-electron chi connectivity index (χ4n) is 1.67. The van der Waals surface area contributed by atoms with Crippen LogP contribution in [0.1, 0.15) is 16.1 Å². The van der Waals surface area contributed by atoms with E-state index in [4.69, 9.17) is 4.74 Å². The molecule has 0 bridgehead atoms. The molecule has 1 aromatic heterocycles. The van der Waals surface area contributed by atoms with Gasteiger partial charge < -0.3 is 14.8 Å². The molecule has 0 saturated carbocycles. The van der Waals surface area contributed by atoms with Gasteiger partial charge in [0.2, 0.25) is 0 Å². The van der Waals surface area contributed by atoms with E-state index in [2.05, 4.69) is 20.3 Å². The third kappa shape index (κ3) is 3.23. The highest BCUT2D eigenvalue weighted by Crippen LogP contribution is 2.18. The fraction of sp³-hybridized carbons (Fsp3) is 0.214. The highest BCUT2D eigenvalue weighted by Gasteiger charge is 2.07. The summed E-state index contributed by atoms with van der Waals surface area (Å²) in [6, 6.07) is 10.9. The number of esters is 1. The van der Waals surface area contributed by atoms with Gasteiger partial charge in [0.1, 0.15) is 11.6 Å². The maximum Gasteiger partial charge on any atom is 0.358 e. The molecular formula is C14H15N3O3. The Morgan fingerprint density at radius 2 is 1.95 bits per heavy atom. The van der Waals surface area contributed by atoms with Gasteiger partial charge in [-0.2, -0.15) is 0 Å². The van der Waals surface area contributed by atoms with Gasteiger partial charge in [-0.15, -0.1) is 10.2 Å². The molecule has 20 heavy (non-hydrogen) atoms. The van der Waals surface area contributed by atoms with E-state index in [0.29, 0.717) is 12.4 Å². The number of rotatable bonds is 5. The number of benzene rings is 1. The van der Waals surface area contributed by atoms with Crippen LogP contribution in [0.2, 0.25) is 0 Å². The number of hydrogen-bond acceptors (Lipinski definition) is 6. The van der Waals surface area contributed by atoms with E-state index in [-0.39, 0.29) is 5.69 Å². The number of anilines is 1. The van der Waals surface area contributed by atoms with Crippen LogP contribution >= 0.6 is 0 Å². The molecule has 104 valence electrons. The van der Waals surface area contributed by atoms with Crippen LogP contribution in [0.3, 0.4) is 0 Å². The molecule has 0 amide bonds. The van der Waals surface area contributed by atoms with Crippen LogP contribution in [-0.4, -0.2) is 30.4 Å². The first-order valence-corrected chi connectivity index (χ1v) is 6.02. The summed E-state index contributed by atoms with van der Waals surface area (Å²) in [6.07, 6.45) is 0. The smallest absolute Gasteiger partial charge is 0.358 e. The van der Waals surface area contributed by atoms with Crippen molar-refractivity contribution in [3.8, 4) is 5.75 Å². The molecule has 0 unspecified atom stereocenters. The molecule has 1 aromatic carbocycles. The normalized spacial score (nSPS) is 9.90. The first-order valence-electron chi connectivity index (χ1n) is 6.02. The lowest BCUT2D eigenvalue weighted by Crippen LogP contribution is -2.08. The molecule has 1 heterocycles. The highest BCUT2D eigenvalue weighted by molar-refractivity contribution is 5.86. The summed E-state index contributed by atoms with van der Waals surface area (Å²) in [6.45, 7) is 0.552. The predicted molar refractivity (Wildman–Crippen MR) is 73.7 cm³/mol. The average Bonchev–Trinajstić information content (AvgIpc) is 2.53. The Morgan fingerprint density at radius 3 is 2.60 bits per heavy atom. The number of para-hydroxylation sites is 1. The Kier molecular flexibility index (Phi) is 4.49. The van der Waals surface area contributed by atoms with Crippen molar-refractivity contribution in [2.75, 3.05) is 19.5 Å². The summed E-state index contributed by atoms with van der Waals surface area (Å²) in [5, 5.41) is 10.8. The number of methoxy groups -OCH3 is 2. The molecule has 0 aliphatic carbocycles. The maximum atomic E-state index is 11.2.